The molecule has 0 fully saturated rings. The van der Waals surface area contributed by atoms with Gasteiger partial charge in [0.05, 0.1) is 17.4 Å². The fourth-order valence-corrected chi connectivity index (χ4v) is 3.25. The van der Waals surface area contributed by atoms with E-state index in [2.05, 4.69) is 10.1 Å². The molecule has 0 spiro atoms. The minimum absolute atomic E-state index is 0.374. The SMILES string of the molecule is CC(C)(C)Oc1[nH]n2c(nc3ccncc32)c1-n1ccc(-c2ccccc2)n1. The number of ether oxygens (including phenoxy) is 1. The van der Waals surface area contributed by atoms with Crippen LogP contribution in [0.2, 0.25) is 0 Å². The Hall–Kier alpha value is -3.61. The summed E-state index contributed by atoms with van der Waals surface area (Å²) in [5.41, 5.74) is 4.83. The number of nitrogens with one attached hydrogen (secondary N) is 1. The second-order valence-corrected chi connectivity index (χ2v) is 7.65. The molecule has 7 heteroatoms. The van der Waals surface area contributed by atoms with Gasteiger partial charge in [-0.1, -0.05) is 30.3 Å². The number of hydrogen-bond acceptors (Lipinski definition) is 4. The number of pyridine rings is 1. The predicted octanol–water partition coefficient (Wildman–Crippen LogP) is 4.24. The second kappa shape index (κ2) is 5.95. The van der Waals surface area contributed by atoms with E-state index in [4.69, 9.17) is 14.8 Å². The molecular formula is C21H20N6O. The number of nitrogens with zero attached hydrogens (tertiary/aromatic N) is 5. The Labute approximate surface area is 161 Å². The normalized spacial score (nSPS) is 12.1. The van der Waals surface area contributed by atoms with Gasteiger partial charge < -0.3 is 4.74 Å². The van der Waals surface area contributed by atoms with E-state index >= 15 is 0 Å². The fourth-order valence-electron chi connectivity index (χ4n) is 3.25. The van der Waals surface area contributed by atoms with Crippen molar-refractivity contribution >= 4 is 16.7 Å². The molecule has 1 N–H and O–H groups in total. The van der Waals surface area contributed by atoms with Gasteiger partial charge in [0.1, 0.15) is 11.1 Å². The molecule has 0 aliphatic carbocycles. The van der Waals surface area contributed by atoms with Gasteiger partial charge in [0.2, 0.25) is 5.88 Å². The summed E-state index contributed by atoms with van der Waals surface area (Å²) in [6, 6.07) is 14.0. The highest BCUT2D eigenvalue weighted by molar-refractivity contribution is 5.83. The van der Waals surface area contributed by atoms with Crippen LogP contribution >= 0.6 is 0 Å². The third-order valence-electron chi connectivity index (χ3n) is 4.39. The Bertz CT molecular complexity index is 1270. The molecule has 0 bridgehead atoms. The lowest BCUT2D eigenvalue weighted by atomic mass is 10.2. The third-order valence-corrected chi connectivity index (χ3v) is 4.39. The van der Waals surface area contributed by atoms with E-state index in [1.807, 2.05) is 78.6 Å². The van der Waals surface area contributed by atoms with E-state index in [1.165, 1.54) is 0 Å². The molecule has 5 rings (SSSR count). The third kappa shape index (κ3) is 2.72. The van der Waals surface area contributed by atoms with Crippen LogP contribution in [0.4, 0.5) is 0 Å². The van der Waals surface area contributed by atoms with Gasteiger partial charge in [0.25, 0.3) is 0 Å². The highest BCUT2D eigenvalue weighted by atomic mass is 16.5. The number of fused-ring (bicyclic) bond motifs is 3. The molecule has 0 unspecified atom stereocenters. The predicted molar refractivity (Wildman–Crippen MR) is 108 cm³/mol. The fraction of sp³-hybridized carbons (Fsp3) is 0.190. The van der Waals surface area contributed by atoms with E-state index in [0.29, 0.717) is 5.88 Å². The topological polar surface area (TPSA) is 73.0 Å². The van der Waals surface area contributed by atoms with Crippen molar-refractivity contribution in [3.63, 3.8) is 0 Å². The van der Waals surface area contributed by atoms with E-state index in [-0.39, 0.29) is 5.60 Å². The standard InChI is InChI=1S/C21H20N6O/c1-21(2,3)28-20-18(19-23-16-9-11-22-13-17(16)27(19)25-20)26-12-10-15(24-26)14-7-5-4-6-8-14/h4-13,25H,1-3H3. The zero-order chi connectivity index (χ0) is 19.3. The number of rotatable bonds is 3. The van der Waals surface area contributed by atoms with Gasteiger partial charge >= 0.3 is 0 Å². The molecular weight excluding hydrogens is 352 g/mol. The molecule has 1 aromatic carbocycles. The zero-order valence-electron chi connectivity index (χ0n) is 15.9. The Morgan fingerprint density at radius 1 is 1.04 bits per heavy atom. The number of aromatic nitrogens is 6. The molecule has 7 nitrogen and oxygen atoms in total. The van der Waals surface area contributed by atoms with Crippen LogP contribution in [-0.4, -0.2) is 35.0 Å². The van der Waals surface area contributed by atoms with E-state index in [1.54, 1.807) is 12.4 Å². The van der Waals surface area contributed by atoms with Gasteiger partial charge in [-0.15, -0.1) is 0 Å². The maximum absolute atomic E-state index is 6.20. The summed E-state index contributed by atoms with van der Waals surface area (Å²) in [7, 11) is 0. The summed E-state index contributed by atoms with van der Waals surface area (Å²) < 4.78 is 9.90. The Kier molecular flexibility index (Phi) is 3.52. The first-order valence-corrected chi connectivity index (χ1v) is 9.14. The summed E-state index contributed by atoms with van der Waals surface area (Å²) in [6.07, 6.45) is 5.45. The molecule has 4 heterocycles. The van der Waals surface area contributed by atoms with Gasteiger partial charge in [-0.3, -0.25) is 10.1 Å². The Morgan fingerprint density at radius 3 is 2.64 bits per heavy atom. The van der Waals surface area contributed by atoms with Crippen LogP contribution in [0, 0.1) is 0 Å². The molecule has 0 aliphatic rings. The molecule has 0 atom stereocenters. The highest BCUT2D eigenvalue weighted by Gasteiger charge is 2.24. The molecule has 4 aromatic heterocycles. The molecule has 28 heavy (non-hydrogen) atoms. The number of benzene rings is 1. The molecule has 5 aromatic rings. The van der Waals surface area contributed by atoms with Crippen molar-refractivity contribution in [1.29, 1.82) is 0 Å². The van der Waals surface area contributed by atoms with Crippen molar-refractivity contribution in [3.8, 4) is 22.8 Å². The van der Waals surface area contributed by atoms with Crippen molar-refractivity contribution < 1.29 is 4.74 Å². The maximum atomic E-state index is 6.20. The van der Waals surface area contributed by atoms with Gasteiger partial charge in [-0.25, -0.2) is 14.2 Å². The van der Waals surface area contributed by atoms with Crippen molar-refractivity contribution in [2.45, 2.75) is 26.4 Å². The first-order chi connectivity index (χ1) is 13.5. The van der Waals surface area contributed by atoms with Crippen molar-refractivity contribution in [3.05, 3.63) is 61.1 Å². The summed E-state index contributed by atoms with van der Waals surface area (Å²) in [5.74, 6) is 0.614. The van der Waals surface area contributed by atoms with E-state index < -0.39 is 0 Å². The molecule has 0 amide bonds. The Balaban J connectivity index is 1.72. The first kappa shape index (κ1) is 16.6. The summed E-state index contributed by atoms with van der Waals surface area (Å²) in [4.78, 5) is 9.00. The van der Waals surface area contributed by atoms with Crippen LogP contribution in [0.15, 0.2) is 61.1 Å². The summed E-state index contributed by atoms with van der Waals surface area (Å²) in [5, 5.41) is 8.10. The van der Waals surface area contributed by atoms with Crippen molar-refractivity contribution in [1.82, 2.24) is 29.4 Å². The average Bonchev–Trinajstić information content (AvgIpc) is 3.35. The molecule has 0 saturated heterocycles. The lowest BCUT2D eigenvalue weighted by Gasteiger charge is -2.20. The summed E-state index contributed by atoms with van der Waals surface area (Å²) in [6.45, 7) is 6.04. The average molecular weight is 372 g/mol. The maximum Gasteiger partial charge on any atom is 0.237 e. The number of hydrogen-bond donors (Lipinski definition) is 1. The zero-order valence-corrected chi connectivity index (χ0v) is 15.9. The largest absolute Gasteiger partial charge is 0.471 e. The van der Waals surface area contributed by atoms with Gasteiger partial charge in [-0.05, 0) is 32.9 Å². The molecule has 140 valence electrons. The smallest absolute Gasteiger partial charge is 0.237 e. The lowest BCUT2D eigenvalue weighted by molar-refractivity contribution is 0.123. The minimum atomic E-state index is -0.374. The highest BCUT2D eigenvalue weighted by Crippen LogP contribution is 2.32. The van der Waals surface area contributed by atoms with E-state index in [0.717, 1.165) is 33.6 Å². The Morgan fingerprint density at radius 2 is 1.86 bits per heavy atom. The minimum Gasteiger partial charge on any atom is -0.471 e. The number of aromatic amines is 1. The quantitative estimate of drug-likeness (QED) is 0.514. The lowest BCUT2D eigenvalue weighted by Crippen LogP contribution is -2.24. The van der Waals surface area contributed by atoms with Gasteiger partial charge in [0, 0.05) is 18.0 Å². The van der Waals surface area contributed by atoms with Crippen molar-refractivity contribution in [2.75, 3.05) is 0 Å². The van der Waals surface area contributed by atoms with Crippen LogP contribution < -0.4 is 4.74 Å². The summed E-state index contributed by atoms with van der Waals surface area (Å²) >= 11 is 0. The van der Waals surface area contributed by atoms with E-state index in [9.17, 15) is 0 Å². The van der Waals surface area contributed by atoms with Crippen LogP contribution in [0.1, 0.15) is 20.8 Å². The number of H-pyrrole nitrogens is 1. The molecule has 0 aliphatic heterocycles. The monoisotopic (exact) mass is 372 g/mol. The number of imidazole rings is 1. The molecule has 0 radical (unpaired) electrons. The van der Waals surface area contributed by atoms with Crippen LogP contribution in [0.25, 0.3) is 33.6 Å². The van der Waals surface area contributed by atoms with Crippen LogP contribution in [-0.2, 0) is 0 Å². The van der Waals surface area contributed by atoms with Gasteiger partial charge in [-0.2, -0.15) is 5.10 Å². The molecule has 0 saturated carbocycles. The van der Waals surface area contributed by atoms with Gasteiger partial charge in [0.15, 0.2) is 11.3 Å². The van der Waals surface area contributed by atoms with Crippen LogP contribution in [0.3, 0.4) is 0 Å². The van der Waals surface area contributed by atoms with Crippen LogP contribution in [0.5, 0.6) is 5.88 Å². The second-order valence-electron chi connectivity index (χ2n) is 7.65. The first-order valence-electron chi connectivity index (χ1n) is 9.14. The van der Waals surface area contributed by atoms with Crippen molar-refractivity contribution in [2.24, 2.45) is 0 Å².